The molecule has 0 amide bonds. The molecule has 0 aromatic heterocycles. The van der Waals surface area contributed by atoms with Gasteiger partial charge in [0.2, 0.25) is 0 Å². The normalized spacial score (nSPS) is 23.8. The summed E-state index contributed by atoms with van der Waals surface area (Å²) in [6, 6.07) is 0.359. The molecule has 0 aromatic rings. The lowest BCUT2D eigenvalue weighted by molar-refractivity contribution is -0.142. The Morgan fingerprint density at radius 1 is 1.58 bits per heavy atom. The second-order valence-corrected chi connectivity index (χ2v) is 3.06. The van der Waals surface area contributed by atoms with Gasteiger partial charge in [0.15, 0.2) is 0 Å². The van der Waals surface area contributed by atoms with E-state index in [0.29, 0.717) is 12.6 Å². The first-order valence-electron chi connectivity index (χ1n) is 4.32. The Bertz CT molecular complexity index is 143. The lowest BCUT2D eigenvalue weighted by Gasteiger charge is -2.22. The molecule has 1 saturated heterocycles. The molecule has 0 aliphatic carbocycles. The molecule has 70 valence electrons. The Labute approximate surface area is 71.9 Å². The summed E-state index contributed by atoms with van der Waals surface area (Å²) in [6.45, 7) is 1.37. The second-order valence-electron chi connectivity index (χ2n) is 3.06. The Morgan fingerprint density at radius 3 is 3.00 bits per heavy atom. The summed E-state index contributed by atoms with van der Waals surface area (Å²) in [5.74, 6) is -0.897. The van der Waals surface area contributed by atoms with E-state index in [9.17, 15) is 4.79 Å². The number of hydrogen-bond acceptors (Lipinski definition) is 3. The van der Waals surface area contributed by atoms with Crippen molar-refractivity contribution in [2.45, 2.75) is 25.3 Å². The molecule has 0 aromatic carbocycles. The van der Waals surface area contributed by atoms with Crippen molar-refractivity contribution in [2.24, 2.45) is 0 Å². The van der Waals surface area contributed by atoms with E-state index in [1.165, 1.54) is 12.8 Å². The molecule has 4 heteroatoms. The number of ether oxygens (including phenoxy) is 1. The van der Waals surface area contributed by atoms with Crippen LogP contribution in [0.15, 0.2) is 0 Å². The van der Waals surface area contributed by atoms with Gasteiger partial charge in [-0.2, -0.15) is 0 Å². The van der Waals surface area contributed by atoms with Crippen molar-refractivity contribution < 1.29 is 14.6 Å². The predicted octanol–water partition coefficient (Wildman–Crippen LogP) is 0.230. The van der Waals surface area contributed by atoms with Gasteiger partial charge in [0.1, 0.15) is 6.61 Å². The van der Waals surface area contributed by atoms with Crippen molar-refractivity contribution in [2.75, 3.05) is 19.8 Å². The van der Waals surface area contributed by atoms with Gasteiger partial charge in [0, 0.05) is 6.04 Å². The number of carboxylic acids is 1. The number of aliphatic carboxylic acids is 1. The molecule has 2 N–H and O–H groups in total. The predicted molar refractivity (Wildman–Crippen MR) is 44.1 cm³/mol. The Balaban J connectivity index is 2.01. The van der Waals surface area contributed by atoms with E-state index in [0.717, 1.165) is 13.0 Å². The van der Waals surface area contributed by atoms with Crippen LogP contribution in [0.25, 0.3) is 0 Å². The Morgan fingerprint density at radius 2 is 2.42 bits per heavy atom. The minimum atomic E-state index is -0.897. The van der Waals surface area contributed by atoms with Crippen LogP contribution in [0.3, 0.4) is 0 Å². The van der Waals surface area contributed by atoms with Crippen molar-refractivity contribution >= 4 is 5.97 Å². The van der Waals surface area contributed by atoms with Crippen LogP contribution >= 0.6 is 0 Å². The number of carbonyl (C=O) groups is 1. The maximum Gasteiger partial charge on any atom is 0.329 e. The maximum absolute atomic E-state index is 10.1. The molecule has 1 heterocycles. The summed E-state index contributed by atoms with van der Waals surface area (Å²) in [7, 11) is 0. The second kappa shape index (κ2) is 5.11. The van der Waals surface area contributed by atoms with E-state index in [-0.39, 0.29) is 6.61 Å². The van der Waals surface area contributed by atoms with Gasteiger partial charge in [-0.25, -0.2) is 4.79 Å². The van der Waals surface area contributed by atoms with Crippen molar-refractivity contribution in [3.63, 3.8) is 0 Å². The van der Waals surface area contributed by atoms with Crippen LogP contribution < -0.4 is 5.32 Å². The Hall–Kier alpha value is -0.610. The van der Waals surface area contributed by atoms with E-state index in [4.69, 9.17) is 9.84 Å². The highest BCUT2D eigenvalue weighted by molar-refractivity contribution is 5.67. The average molecular weight is 173 g/mol. The molecule has 12 heavy (non-hydrogen) atoms. The highest BCUT2D eigenvalue weighted by Crippen LogP contribution is 2.06. The van der Waals surface area contributed by atoms with Crippen LogP contribution in [0, 0.1) is 0 Å². The molecule has 0 bridgehead atoms. The van der Waals surface area contributed by atoms with Gasteiger partial charge in [-0.1, -0.05) is 6.42 Å². The summed E-state index contributed by atoms with van der Waals surface area (Å²) < 4.78 is 4.97. The van der Waals surface area contributed by atoms with Gasteiger partial charge in [0.05, 0.1) is 6.61 Å². The Kier molecular flexibility index (Phi) is 4.04. The fourth-order valence-corrected chi connectivity index (χ4v) is 1.35. The summed E-state index contributed by atoms with van der Waals surface area (Å²) in [5, 5.41) is 11.6. The molecular weight excluding hydrogens is 158 g/mol. The number of hydrogen-bond donors (Lipinski definition) is 2. The van der Waals surface area contributed by atoms with Crippen LogP contribution in [-0.2, 0) is 9.53 Å². The van der Waals surface area contributed by atoms with Crippen LogP contribution in [0.4, 0.5) is 0 Å². The van der Waals surface area contributed by atoms with Gasteiger partial charge >= 0.3 is 5.97 Å². The minimum Gasteiger partial charge on any atom is -0.480 e. The van der Waals surface area contributed by atoms with Crippen LogP contribution in [0.5, 0.6) is 0 Å². The van der Waals surface area contributed by atoms with Gasteiger partial charge in [0.25, 0.3) is 0 Å². The molecule has 1 aliphatic heterocycles. The topological polar surface area (TPSA) is 58.6 Å². The number of rotatable bonds is 4. The number of carboxylic acid groups (broad SMARTS) is 1. The average Bonchev–Trinajstić information content (AvgIpc) is 2.05. The molecule has 1 atom stereocenters. The summed E-state index contributed by atoms with van der Waals surface area (Å²) in [5.41, 5.74) is 0. The lowest BCUT2D eigenvalue weighted by atomic mass is 10.1. The molecule has 1 rings (SSSR count). The van der Waals surface area contributed by atoms with E-state index < -0.39 is 5.97 Å². The SMILES string of the molecule is O=C(O)COCC1CCCCN1. The highest BCUT2D eigenvalue weighted by atomic mass is 16.5. The molecule has 1 unspecified atom stereocenters. The monoisotopic (exact) mass is 173 g/mol. The van der Waals surface area contributed by atoms with Crippen molar-refractivity contribution in [3.8, 4) is 0 Å². The van der Waals surface area contributed by atoms with Gasteiger partial charge in [-0.05, 0) is 19.4 Å². The lowest BCUT2D eigenvalue weighted by Crippen LogP contribution is -2.38. The van der Waals surface area contributed by atoms with Crippen LogP contribution in [0.2, 0.25) is 0 Å². The molecule has 0 saturated carbocycles. The zero-order valence-corrected chi connectivity index (χ0v) is 7.08. The fraction of sp³-hybridized carbons (Fsp3) is 0.875. The molecule has 0 radical (unpaired) electrons. The van der Waals surface area contributed by atoms with Gasteiger partial charge in [-0.15, -0.1) is 0 Å². The molecule has 1 fully saturated rings. The fourth-order valence-electron chi connectivity index (χ4n) is 1.35. The first-order chi connectivity index (χ1) is 5.79. The molecule has 1 aliphatic rings. The van der Waals surface area contributed by atoms with E-state index in [2.05, 4.69) is 5.32 Å². The largest absolute Gasteiger partial charge is 0.480 e. The molecular formula is C8H15NO3. The van der Waals surface area contributed by atoms with Crippen molar-refractivity contribution in [1.29, 1.82) is 0 Å². The van der Waals surface area contributed by atoms with Crippen LogP contribution in [-0.4, -0.2) is 36.9 Å². The minimum absolute atomic E-state index is 0.182. The van der Waals surface area contributed by atoms with Crippen molar-refractivity contribution in [3.05, 3.63) is 0 Å². The van der Waals surface area contributed by atoms with Crippen LogP contribution in [0.1, 0.15) is 19.3 Å². The van der Waals surface area contributed by atoms with Gasteiger partial charge in [-0.3, -0.25) is 0 Å². The third-order valence-corrected chi connectivity index (χ3v) is 1.96. The van der Waals surface area contributed by atoms with E-state index >= 15 is 0 Å². The third-order valence-electron chi connectivity index (χ3n) is 1.96. The maximum atomic E-state index is 10.1. The van der Waals surface area contributed by atoms with Gasteiger partial charge < -0.3 is 15.2 Å². The quantitative estimate of drug-likeness (QED) is 0.639. The van der Waals surface area contributed by atoms with Crippen molar-refractivity contribution in [1.82, 2.24) is 5.32 Å². The smallest absolute Gasteiger partial charge is 0.329 e. The highest BCUT2D eigenvalue weighted by Gasteiger charge is 2.12. The summed E-state index contributed by atoms with van der Waals surface area (Å²) >= 11 is 0. The standard InChI is InChI=1S/C8H15NO3/c10-8(11)6-12-5-7-3-1-2-4-9-7/h7,9H,1-6H2,(H,10,11). The van der Waals surface area contributed by atoms with E-state index in [1.807, 2.05) is 0 Å². The number of piperidine rings is 1. The zero-order valence-electron chi connectivity index (χ0n) is 7.08. The van der Waals surface area contributed by atoms with E-state index in [1.54, 1.807) is 0 Å². The first kappa shape index (κ1) is 9.48. The zero-order chi connectivity index (χ0) is 8.81. The summed E-state index contributed by atoms with van der Waals surface area (Å²) in [6.07, 6.45) is 3.53. The summed E-state index contributed by atoms with van der Waals surface area (Å²) in [4.78, 5) is 10.1. The number of nitrogens with one attached hydrogen (secondary N) is 1. The molecule has 4 nitrogen and oxygen atoms in total. The molecule has 0 spiro atoms. The first-order valence-corrected chi connectivity index (χ1v) is 4.32. The third kappa shape index (κ3) is 3.69.